The molecule has 0 amide bonds. The van der Waals surface area contributed by atoms with Gasteiger partial charge in [0.1, 0.15) is 5.75 Å². The van der Waals surface area contributed by atoms with Gasteiger partial charge in [0.05, 0.1) is 0 Å². The van der Waals surface area contributed by atoms with Crippen LogP contribution in [0.15, 0.2) is 24.3 Å². The molecule has 0 spiro atoms. The van der Waals surface area contributed by atoms with E-state index < -0.39 is 12.5 Å². The predicted molar refractivity (Wildman–Crippen MR) is 117 cm³/mol. The smallest absolute Gasteiger partial charge is 0.428 e. The highest BCUT2D eigenvalue weighted by Crippen LogP contribution is 2.43. The van der Waals surface area contributed by atoms with Crippen molar-refractivity contribution in [3.63, 3.8) is 0 Å². The van der Waals surface area contributed by atoms with Gasteiger partial charge in [0.15, 0.2) is 0 Å². The molecule has 2 aliphatic rings. The van der Waals surface area contributed by atoms with Gasteiger partial charge in [0.25, 0.3) is 0 Å². The molecule has 0 heterocycles. The van der Waals surface area contributed by atoms with Crippen molar-refractivity contribution in [2.24, 2.45) is 23.7 Å². The lowest BCUT2D eigenvalue weighted by Crippen LogP contribution is -2.33. The van der Waals surface area contributed by atoms with E-state index in [2.05, 4.69) is 11.7 Å². The van der Waals surface area contributed by atoms with E-state index >= 15 is 0 Å². The lowest BCUT2D eigenvalue weighted by Gasteiger charge is -2.38. The van der Waals surface area contributed by atoms with E-state index in [1.807, 2.05) is 0 Å². The Kier molecular flexibility index (Phi) is 9.09. The number of halogens is 4. The van der Waals surface area contributed by atoms with E-state index in [-0.39, 0.29) is 5.75 Å². The Hall–Kier alpha value is -1.26. The molecular weight excluding hydrogens is 404 g/mol. The largest absolute Gasteiger partial charge is 0.461 e. The predicted octanol–water partition coefficient (Wildman–Crippen LogP) is 8.66. The minimum absolute atomic E-state index is 0.223. The molecule has 0 radical (unpaired) electrons. The zero-order valence-corrected chi connectivity index (χ0v) is 18.8. The molecule has 0 aliphatic heterocycles. The fraction of sp³-hybridized carbons (Fsp3) is 0.769. The summed E-state index contributed by atoms with van der Waals surface area (Å²) in [6, 6.07) is 6.14. The summed E-state index contributed by atoms with van der Waals surface area (Å²) in [5.74, 6) is 3.34. The van der Waals surface area contributed by atoms with E-state index in [0.29, 0.717) is 0 Å². The Balaban J connectivity index is 1.35. The lowest BCUT2D eigenvalue weighted by molar-refractivity contribution is -0.253. The van der Waals surface area contributed by atoms with Crippen LogP contribution in [0.25, 0.3) is 0 Å². The zero-order valence-electron chi connectivity index (χ0n) is 18.8. The van der Waals surface area contributed by atoms with Crippen molar-refractivity contribution in [2.45, 2.75) is 103 Å². The van der Waals surface area contributed by atoms with Gasteiger partial charge in [-0.05, 0) is 79.9 Å². The fourth-order valence-corrected chi connectivity index (χ4v) is 5.69. The number of unbranched alkanes of at least 4 members (excludes halogenated alkanes) is 1. The first-order chi connectivity index (χ1) is 14.9. The van der Waals surface area contributed by atoms with E-state index in [1.165, 1.54) is 82.8 Å². The second-order valence-electron chi connectivity index (χ2n) is 9.85. The van der Waals surface area contributed by atoms with Crippen LogP contribution in [0.5, 0.6) is 5.75 Å². The monoisotopic (exact) mass is 442 g/mol. The van der Waals surface area contributed by atoms with Gasteiger partial charge in [0.2, 0.25) is 0 Å². The molecule has 31 heavy (non-hydrogen) atoms. The molecule has 0 unspecified atom stereocenters. The van der Waals surface area contributed by atoms with Crippen LogP contribution in [-0.4, -0.2) is 12.5 Å². The highest BCUT2D eigenvalue weighted by molar-refractivity contribution is 5.27. The molecule has 2 saturated carbocycles. The average molecular weight is 443 g/mol. The van der Waals surface area contributed by atoms with Gasteiger partial charge < -0.3 is 4.74 Å². The Bertz CT molecular complexity index is 629. The van der Waals surface area contributed by atoms with Crippen LogP contribution < -0.4 is 4.74 Å². The third-order valence-corrected chi connectivity index (χ3v) is 7.69. The maximum Gasteiger partial charge on any atom is 0.461 e. The van der Waals surface area contributed by atoms with Gasteiger partial charge in [-0.1, -0.05) is 64.0 Å². The summed E-state index contributed by atoms with van der Waals surface area (Å²) in [6.45, 7) is 2.28. The van der Waals surface area contributed by atoms with Gasteiger partial charge in [-0.3, -0.25) is 0 Å². The normalized spacial score (nSPS) is 27.4. The van der Waals surface area contributed by atoms with Crippen LogP contribution >= 0.6 is 0 Å². The Morgan fingerprint density at radius 3 is 1.84 bits per heavy atom. The number of hydrogen-bond acceptors (Lipinski definition) is 1. The van der Waals surface area contributed by atoms with Gasteiger partial charge in [-0.25, -0.2) is 0 Å². The quantitative estimate of drug-likeness (QED) is 0.329. The topological polar surface area (TPSA) is 9.23 Å². The molecule has 1 aromatic carbocycles. The zero-order chi connectivity index (χ0) is 22.3. The van der Waals surface area contributed by atoms with Gasteiger partial charge in [-0.2, -0.15) is 17.6 Å². The van der Waals surface area contributed by atoms with Gasteiger partial charge in [-0.15, -0.1) is 0 Å². The van der Waals surface area contributed by atoms with Crippen LogP contribution in [-0.2, 0) is 6.42 Å². The van der Waals surface area contributed by atoms with Crippen LogP contribution in [0.4, 0.5) is 17.6 Å². The number of benzene rings is 1. The number of ether oxygens (including phenoxy) is 1. The molecule has 0 saturated heterocycles. The van der Waals surface area contributed by atoms with Crippen molar-refractivity contribution in [3.05, 3.63) is 29.8 Å². The van der Waals surface area contributed by atoms with E-state index in [4.69, 9.17) is 0 Å². The van der Waals surface area contributed by atoms with Crippen molar-refractivity contribution < 1.29 is 22.3 Å². The van der Waals surface area contributed by atoms with Crippen molar-refractivity contribution in [1.29, 1.82) is 0 Å². The van der Waals surface area contributed by atoms with Crippen molar-refractivity contribution in [3.8, 4) is 5.75 Å². The van der Waals surface area contributed by atoms with Crippen LogP contribution in [0.3, 0.4) is 0 Å². The van der Waals surface area contributed by atoms with E-state index in [0.717, 1.165) is 42.1 Å². The first-order valence-corrected chi connectivity index (χ1v) is 12.3. The molecule has 1 aromatic rings. The van der Waals surface area contributed by atoms with Gasteiger partial charge in [0, 0.05) is 0 Å². The highest BCUT2D eigenvalue weighted by Gasteiger charge is 2.43. The second kappa shape index (κ2) is 11.6. The SMILES string of the molecule is CCCC[C@H]1CC[C@H](C2CCC(CCc3ccc(OC(F)(F)C(F)F)cc3)CC2)CC1. The molecule has 0 bridgehead atoms. The Morgan fingerprint density at radius 1 is 0.839 bits per heavy atom. The third kappa shape index (κ3) is 7.39. The number of hydrogen-bond donors (Lipinski definition) is 0. The molecule has 176 valence electrons. The maximum atomic E-state index is 13.0. The average Bonchev–Trinajstić information content (AvgIpc) is 2.78. The van der Waals surface area contributed by atoms with Crippen LogP contribution in [0.1, 0.15) is 89.5 Å². The molecule has 0 aromatic heterocycles. The summed E-state index contributed by atoms with van der Waals surface area (Å²) in [5, 5.41) is 0. The summed E-state index contributed by atoms with van der Waals surface area (Å²) in [4.78, 5) is 0. The third-order valence-electron chi connectivity index (χ3n) is 7.69. The number of alkyl halides is 4. The minimum atomic E-state index is -4.45. The maximum absolute atomic E-state index is 13.0. The molecule has 2 fully saturated rings. The van der Waals surface area contributed by atoms with Gasteiger partial charge >= 0.3 is 12.5 Å². The number of rotatable bonds is 10. The van der Waals surface area contributed by atoms with Crippen LogP contribution in [0.2, 0.25) is 0 Å². The first kappa shape index (κ1) is 24.4. The standard InChI is InChI=1S/C26H38F4O/c1-2-3-4-19-7-13-22(14-8-19)23-15-9-20(10-16-23)5-6-21-11-17-24(18-12-21)31-26(29,30)25(27)28/h11-12,17-20,22-23,25H,2-10,13-16H2,1H3/t19-,20?,22-,23?. The minimum Gasteiger partial charge on any atom is -0.428 e. The lowest BCUT2D eigenvalue weighted by atomic mass is 9.68. The summed E-state index contributed by atoms with van der Waals surface area (Å²) in [6.07, 6.45) is 8.87. The first-order valence-electron chi connectivity index (χ1n) is 12.3. The second-order valence-corrected chi connectivity index (χ2v) is 9.85. The Morgan fingerprint density at radius 2 is 1.35 bits per heavy atom. The van der Waals surface area contributed by atoms with E-state index in [1.54, 1.807) is 12.1 Å². The molecule has 0 N–H and O–H groups in total. The molecule has 0 atom stereocenters. The number of aryl methyl sites for hydroxylation is 1. The van der Waals surface area contributed by atoms with Crippen molar-refractivity contribution >= 4 is 0 Å². The molecular formula is C26H38F4O. The molecule has 1 nitrogen and oxygen atoms in total. The fourth-order valence-electron chi connectivity index (χ4n) is 5.69. The van der Waals surface area contributed by atoms with Crippen molar-refractivity contribution in [1.82, 2.24) is 0 Å². The highest BCUT2D eigenvalue weighted by atomic mass is 19.3. The summed E-state index contributed by atoms with van der Waals surface area (Å²) in [5.41, 5.74) is 1.04. The molecule has 5 heteroatoms. The van der Waals surface area contributed by atoms with Crippen molar-refractivity contribution in [2.75, 3.05) is 0 Å². The molecule has 3 rings (SSSR count). The summed E-state index contributed by atoms with van der Waals surface area (Å²) < 4.78 is 54.6. The molecule has 2 aliphatic carbocycles. The van der Waals surface area contributed by atoms with Crippen LogP contribution in [0, 0.1) is 23.7 Å². The van der Waals surface area contributed by atoms with E-state index in [9.17, 15) is 17.6 Å². The summed E-state index contributed by atoms with van der Waals surface area (Å²) in [7, 11) is 0. The Labute approximate surface area is 184 Å². The summed E-state index contributed by atoms with van der Waals surface area (Å²) >= 11 is 0.